The summed E-state index contributed by atoms with van der Waals surface area (Å²) < 4.78 is 16.1. The lowest BCUT2D eigenvalue weighted by Gasteiger charge is -2.43. The quantitative estimate of drug-likeness (QED) is 0.464. The van der Waals surface area contributed by atoms with E-state index in [0.29, 0.717) is 43.5 Å². The number of amides is 1. The Balaban J connectivity index is 2.09. The van der Waals surface area contributed by atoms with Gasteiger partial charge in [-0.15, -0.1) is 0 Å². The van der Waals surface area contributed by atoms with Gasteiger partial charge in [-0.3, -0.25) is 4.79 Å². The summed E-state index contributed by atoms with van der Waals surface area (Å²) in [5.74, 6) is -0.123. The summed E-state index contributed by atoms with van der Waals surface area (Å²) >= 11 is 0. The molecule has 1 spiro atoms. The van der Waals surface area contributed by atoms with Gasteiger partial charge in [-0.1, -0.05) is 0 Å². The van der Waals surface area contributed by atoms with Crippen LogP contribution < -0.4 is 31.6 Å². The Morgan fingerprint density at radius 1 is 1.15 bits per heavy atom. The number of rotatable bonds is 5. The number of nitrogens with two attached hydrogens (primary N) is 1. The zero-order valence-corrected chi connectivity index (χ0v) is 15.3. The number of carbonyl (C=O) groups is 2. The molecule has 1 amide bonds. The lowest BCUT2D eigenvalue weighted by atomic mass is 9.71. The van der Waals surface area contributed by atoms with Gasteiger partial charge in [0.05, 0.1) is 19.8 Å². The molecule has 1 aliphatic carbocycles. The molecule has 0 atom stereocenters. The van der Waals surface area contributed by atoms with Gasteiger partial charge in [0.2, 0.25) is 0 Å². The van der Waals surface area contributed by atoms with Crippen molar-refractivity contribution in [1.82, 2.24) is 16.4 Å². The van der Waals surface area contributed by atoms with Crippen molar-refractivity contribution in [3.63, 3.8) is 0 Å². The van der Waals surface area contributed by atoms with Crippen molar-refractivity contribution in [3.05, 3.63) is 23.3 Å². The third-order valence-electron chi connectivity index (χ3n) is 5.40. The topological polar surface area (TPSA) is 144 Å². The van der Waals surface area contributed by atoms with Crippen molar-refractivity contribution >= 4 is 12.1 Å². The second-order valence-electron chi connectivity index (χ2n) is 6.87. The number of nitrogens with one attached hydrogen (secondary N) is 3. The van der Waals surface area contributed by atoms with Crippen LogP contribution in [0, 0.1) is 0 Å². The van der Waals surface area contributed by atoms with Crippen molar-refractivity contribution in [2.75, 3.05) is 20.8 Å². The summed E-state index contributed by atoms with van der Waals surface area (Å²) in [6, 6.07) is 3.11. The van der Waals surface area contributed by atoms with Gasteiger partial charge in [-0.05, 0) is 37.8 Å². The lowest BCUT2D eigenvalue weighted by molar-refractivity contribution is -0.0602. The van der Waals surface area contributed by atoms with E-state index in [1.165, 1.54) is 20.3 Å². The number of ether oxygens (including phenoxy) is 3. The van der Waals surface area contributed by atoms with Crippen LogP contribution in [0.25, 0.3) is 0 Å². The third-order valence-corrected chi connectivity index (χ3v) is 5.40. The zero-order chi connectivity index (χ0) is 19.7. The van der Waals surface area contributed by atoms with Gasteiger partial charge in [0.15, 0.2) is 0 Å². The monoisotopic (exact) mass is 380 g/mol. The average molecular weight is 380 g/mol. The van der Waals surface area contributed by atoms with Crippen LogP contribution in [0.5, 0.6) is 11.5 Å². The minimum Gasteiger partial charge on any atom is -0.497 e. The summed E-state index contributed by atoms with van der Waals surface area (Å²) in [6.45, 7) is 0.706. The molecular weight excluding hydrogens is 356 g/mol. The first-order valence-electron chi connectivity index (χ1n) is 8.58. The number of hydrazine groups is 2. The predicted octanol–water partition coefficient (Wildman–Crippen LogP) is 0.618. The van der Waals surface area contributed by atoms with Gasteiger partial charge in [0, 0.05) is 17.6 Å². The molecule has 2 fully saturated rings. The molecule has 3 rings (SSSR count). The van der Waals surface area contributed by atoms with Crippen LogP contribution in [0.15, 0.2) is 12.1 Å². The van der Waals surface area contributed by atoms with E-state index in [-0.39, 0.29) is 16.9 Å². The van der Waals surface area contributed by atoms with Crippen molar-refractivity contribution in [1.29, 1.82) is 0 Å². The minimum absolute atomic E-state index is 0.114. The number of hydrogen-bond acceptors (Lipinski definition) is 8. The summed E-state index contributed by atoms with van der Waals surface area (Å²) in [5, 5.41) is 9.39. The van der Waals surface area contributed by atoms with Gasteiger partial charge in [0.1, 0.15) is 17.1 Å². The molecule has 0 bridgehead atoms. The van der Waals surface area contributed by atoms with Crippen LogP contribution >= 0.6 is 0 Å². The number of carbonyl (C=O) groups excluding carboxylic acids is 1. The molecule has 148 valence electrons. The SMILES string of the molecule is COc1cc(C(N)=O)c(OC)c(C2(OC(=O)O)CCC3(CC2)CNNN3)c1. The van der Waals surface area contributed by atoms with Crippen LogP contribution in [-0.2, 0) is 10.3 Å². The summed E-state index contributed by atoms with van der Waals surface area (Å²) in [6.07, 6.45) is 0.695. The Kier molecular flexibility index (Phi) is 5.13. The van der Waals surface area contributed by atoms with Gasteiger partial charge in [0.25, 0.3) is 5.91 Å². The Hall–Kier alpha value is -2.56. The van der Waals surface area contributed by atoms with Crippen molar-refractivity contribution < 1.29 is 28.9 Å². The predicted molar refractivity (Wildman–Crippen MR) is 94.3 cm³/mol. The molecule has 6 N–H and O–H groups in total. The lowest BCUT2D eigenvalue weighted by Crippen LogP contribution is -2.52. The molecular formula is C17H24N4O6. The number of methoxy groups -OCH3 is 2. The molecule has 0 unspecified atom stereocenters. The fourth-order valence-electron chi connectivity index (χ4n) is 3.92. The molecule has 27 heavy (non-hydrogen) atoms. The molecule has 10 heteroatoms. The fraction of sp³-hybridized carbons (Fsp3) is 0.529. The Morgan fingerprint density at radius 3 is 2.33 bits per heavy atom. The number of hydrogen-bond donors (Lipinski definition) is 5. The number of primary amides is 1. The molecule has 10 nitrogen and oxygen atoms in total. The smallest absolute Gasteiger partial charge is 0.497 e. The van der Waals surface area contributed by atoms with Crippen molar-refractivity contribution in [2.24, 2.45) is 5.73 Å². The van der Waals surface area contributed by atoms with Crippen molar-refractivity contribution in [3.8, 4) is 11.5 Å². The number of carboxylic acid groups (broad SMARTS) is 1. The molecule has 1 heterocycles. The second kappa shape index (κ2) is 7.22. The third kappa shape index (κ3) is 3.51. The van der Waals surface area contributed by atoms with Crippen LogP contribution in [-0.4, -0.2) is 43.5 Å². The fourth-order valence-corrected chi connectivity index (χ4v) is 3.92. The van der Waals surface area contributed by atoms with E-state index in [4.69, 9.17) is 19.9 Å². The molecule has 1 saturated carbocycles. The summed E-state index contributed by atoms with van der Waals surface area (Å²) in [7, 11) is 2.86. The van der Waals surface area contributed by atoms with E-state index < -0.39 is 17.7 Å². The van der Waals surface area contributed by atoms with E-state index in [9.17, 15) is 14.7 Å². The van der Waals surface area contributed by atoms with E-state index in [1.807, 2.05) is 0 Å². The molecule has 1 aromatic rings. The molecule has 2 aliphatic rings. The highest BCUT2D eigenvalue weighted by Crippen LogP contribution is 2.49. The van der Waals surface area contributed by atoms with Gasteiger partial charge in [-0.2, -0.15) is 5.53 Å². The molecule has 1 aliphatic heterocycles. The second-order valence-corrected chi connectivity index (χ2v) is 6.87. The van der Waals surface area contributed by atoms with Crippen LogP contribution in [0.3, 0.4) is 0 Å². The van der Waals surface area contributed by atoms with Crippen LogP contribution in [0.2, 0.25) is 0 Å². The Bertz CT molecular complexity index is 737. The van der Waals surface area contributed by atoms with Gasteiger partial charge < -0.3 is 25.1 Å². The van der Waals surface area contributed by atoms with Gasteiger partial charge in [-0.25, -0.2) is 15.6 Å². The van der Waals surface area contributed by atoms with E-state index in [1.54, 1.807) is 6.07 Å². The maximum absolute atomic E-state index is 11.9. The highest BCUT2D eigenvalue weighted by atomic mass is 16.7. The first-order chi connectivity index (χ1) is 12.8. The average Bonchev–Trinajstić information content (AvgIpc) is 3.10. The summed E-state index contributed by atoms with van der Waals surface area (Å²) in [5.41, 5.74) is 13.8. The first kappa shape index (κ1) is 19.2. The normalized spacial score (nSPS) is 27.3. The minimum atomic E-state index is -1.40. The summed E-state index contributed by atoms with van der Waals surface area (Å²) in [4.78, 5) is 23.4. The van der Waals surface area contributed by atoms with E-state index in [2.05, 4.69) is 16.4 Å². The Labute approximate surface area is 156 Å². The molecule has 1 saturated heterocycles. The van der Waals surface area contributed by atoms with Gasteiger partial charge >= 0.3 is 6.16 Å². The zero-order valence-electron chi connectivity index (χ0n) is 15.3. The van der Waals surface area contributed by atoms with Crippen LogP contribution in [0.4, 0.5) is 4.79 Å². The maximum atomic E-state index is 11.9. The molecule has 0 radical (unpaired) electrons. The van der Waals surface area contributed by atoms with Crippen molar-refractivity contribution in [2.45, 2.75) is 36.8 Å². The molecule has 0 aromatic heterocycles. The first-order valence-corrected chi connectivity index (χ1v) is 8.58. The number of benzene rings is 1. The highest BCUT2D eigenvalue weighted by molar-refractivity contribution is 5.96. The standard InChI is InChI=1S/C17H24N4O6/c1-25-10-7-11(14(18)22)13(26-2)12(8-10)17(27-15(23)24)5-3-16(4-6-17)9-19-21-20-16/h7-8,19-21H,3-6,9H2,1-2H3,(H2,18,22)(H,23,24). The molecule has 1 aromatic carbocycles. The maximum Gasteiger partial charge on any atom is 0.506 e. The van der Waals surface area contributed by atoms with E-state index in [0.717, 1.165) is 0 Å². The van der Waals surface area contributed by atoms with E-state index >= 15 is 0 Å². The highest BCUT2D eigenvalue weighted by Gasteiger charge is 2.49. The van der Waals surface area contributed by atoms with Crippen LogP contribution in [0.1, 0.15) is 41.6 Å². The largest absolute Gasteiger partial charge is 0.506 e. The Morgan fingerprint density at radius 2 is 1.85 bits per heavy atom.